The molecule has 7 nitrogen and oxygen atoms in total. The van der Waals surface area contributed by atoms with Crippen LogP contribution in [0, 0.1) is 6.92 Å². The van der Waals surface area contributed by atoms with Crippen molar-refractivity contribution >= 4 is 35.6 Å². The Morgan fingerprint density at radius 1 is 1.16 bits per heavy atom. The number of nitrogen functional groups attached to an aromatic ring is 1. The lowest BCUT2D eigenvalue weighted by Crippen LogP contribution is -2.37. The molecule has 0 saturated carbocycles. The van der Waals surface area contributed by atoms with Gasteiger partial charge in [0.1, 0.15) is 5.75 Å². The average molecular weight is 475 g/mol. The Kier molecular flexibility index (Phi) is 7.77. The number of carbonyl (C=O) groups is 1. The molecule has 9 heteroatoms. The molecule has 1 aliphatic rings. The number of nitrogens with zero attached hydrogens (tertiary/aromatic N) is 3. The molecule has 1 aromatic heterocycles. The number of ether oxygens (including phenoxy) is 1. The smallest absolute Gasteiger partial charge is 0.258 e. The second-order valence-electron chi connectivity index (χ2n) is 7.38. The van der Waals surface area contributed by atoms with Crippen LogP contribution in [0.3, 0.4) is 0 Å². The highest BCUT2D eigenvalue weighted by Crippen LogP contribution is 2.21. The lowest BCUT2D eigenvalue weighted by Gasteiger charge is -2.25. The number of amides is 1. The Morgan fingerprint density at radius 2 is 1.88 bits per heavy atom. The number of fused-ring (bicyclic) bond motifs is 1. The van der Waals surface area contributed by atoms with Gasteiger partial charge in [0.15, 0.2) is 0 Å². The first-order chi connectivity index (χ1) is 15.3. The van der Waals surface area contributed by atoms with Crippen LogP contribution < -0.4 is 16.0 Å². The van der Waals surface area contributed by atoms with Crippen LogP contribution in [0.25, 0.3) is 0 Å². The van der Waals surface area contributed by atoms with Crippen LogP contribution in [0.15, 0.2) is 47.3 Å². The Morgan fingerprint density at radius 3 is 2.47 bits per heavy atom. The van der Waals surface area contributed by atoms with Gasteiger partial charge >= 0.3 is 0 Å². The molecule has 0 saturated heterocycles. The zero-order valence-electron chi connectivity index (χ0n) is 17.8. The summed E-state index contributed by atoms with van der Waals surface area (Å²) in [6.45, 7) is 3.19. The number of hydrogen-bond donors (Lipinski definition) is 1. The summed E-state index contributed by atoms with van der Waals surface area (Å²) in [5, 5.41) is 1.24. The predicted octanol–water partition coefficient (Wildman–Crippen LogP) is 3.70. The molecular weight excluding hydrogens is 451 g/mol. The van der Waals surface area contributed by atoms with Crippen molar-refractivity contribution in [1.29, 1.82) is 0 Å². The molecular formula is C23H24Cl2N4O3. The minimum atomic E-state index is -0.131. The van der Waals surface area contributed by atoms with E-state index in [4.69, 9.17) is 33.7 Å². The Labute approximate surface area is 196 Å². The first-order valence-corrected chi connectivity index (χ1v) is 10.7. The number of hydrogen-bond acceptors (Lipinski definition) is 5. The highest BCUT2D eigenvalue weighted by atomic mass is 35.5. The van der Waals surface area contributed by atoms with E-state index in [1.165, 1.54) is 4.57 Å². The summed E-state index contributed by atoms with van der Waals surface area (Å²) in [6.07, 6.45) is 1.27. The van der Waals surface area contributed by atoms with Crippen molar-refractivity contribution in [3.05, 3.63) is 85.2 Å². The van der Waals surface area contributed by atoms with Gasteiger partial charge in [-0.1, -0.05) is 41.4 Å². The van der Waals surface area contributed by atoms with Crippen molar-refractivity contribution in [2.24, 2.45) is 0 Å². The van der Waals surface area contributed by atoms with Gasteiger partial charge in [-0.2, -0.15) is 0 Å². The lowest BCUT2D eigenvalue weighted by molar-refractivity contribution is -0.119. The maximum absolute atomic E-state index is 12.7. The van der Waals surface area contributed by atoms with Crippen LogP contribution in [0.1, 0.15) is 22.4 Å². The SMILES string of the molecule is COc1ccc(Cn2c(N)nc3c(c2=O)CCN(C=O)C3)cc1.Cc1ccc(Cl)c(Cl)c1. The standard InChI is InChI=1S/C16H18N4O3.C7H6Cl2/c1-23-12-4-2-11(3-5-12)8-20-15(22)13-6-7-19(10-21)9-14(13)18-16(20)17;1-5-2-3-6(8)7(9)4-5/h2-5,10H,6-9H2,1H3,(H2,17,18);2-4H,1H3. The summed E-state index contributed by atoms with van der Waals surface area (Å²) in [7, 11) is 1.60. The van der Waals surface area contributed by atoms with Crippen LogP contribution in [0.4, 0.5) is 5.95 Å². The normalized spacial score (nSPS) is 12.4. The fourth-order valence-electron chi connectivity index (χ4n) is 3.32. The molecule has 0 radical (unpaired) electrons. The monoisotopic (exact) mass is 474 g/mol. The van der Waals surface area contributed by atoms with Crippen molar-refractivity contribution in [3.63, 3.8) is 0 Å². The first kappa shape index (κ1) is 23.6. The summed E-state index contributed by atoms with van der Waals surface area (Å²) >= 11 is 11.3. The van der Waals surface area contributed by atoms with E-state index in [1.54, 1.807) is 18.1 Å². The summed E-state index contributed by atoms with van der Waals surface area (Å²) in [4.78, 5) is 29.4. The van der Waals surface area contributed by atoms with Gasteiger partial charge in [0.05, 0.1) is 35.9 Å². The number of methoxy groups -OCH3 is 1. The third kappa shape index (κ3) is 5.60. The van der Waals surface area contributed by atoms with Gasteiger partial charge in [-0.15, -0.1) is 0 Å². The van der Waals surface area contributed by atoms with E-state index < -0.39 is 0 Å². The van der Waals surface area contributed by atoms with E-state index in [0.29, 0.717) is 47.4 Å². The Bertz CT molecular complexity index is 1160. The number of aromatic nitrogens is 2. The molecule has 168 valence electrons. The van der Waals surface area contributed by atoms with E-state index in [9.17, 15) is 9.59 Å². The van der Waals surface area contributed by atoms with E-state index in [2.05, 4.69) is 4.98 Å². The minimum Gasteiger partial charge on any atom is -0.497 e. The number of benzene rings is 2. The van der Waals surface area contributed by atoms with E-state index in [1.807, 2.05) is 43.3 Å². The fourth-order valence-corrected chi connectivity index (χ4v) is 3.68. The molecule has 32 heavy (non-hydrogen) atoms. The number of nitrogens with two attached hydrogens (primary N) is 1. The van der Waals surface area contributed by atoms with E-state index in [-0.39, 0.29) is 11.5 Å². The largest absolute Gasteiger partial charge is 0.497 e. The number of halogens is 2. The molecule has 0 atom stereocenters. The number of rotatable bonds is 4. The van der Waals surface area contributed by atoms with Crippen LogP contribution in [-0.2, 0) is 24.3 Å². The van der Waals surface area contributed by atoms with Gasteiger partial charge in [0.2, 0.25) is 12.4 Å². The molecule has 1 aliphatic heterocycles. The highest BCUT2D eigenvalue weighted by Gasteiger charge is 2.21. The third-order valence-electron chi connectivity index (χ3n) is 5.10. The van der Waals surface area contributed by atoms with Gasteiger partial charge in [-0.3, -0.25) is 14.2 Å². The van der Waals surface area contributed by atoms with Crippen LogP contribution in [0.5, 0.6) is 5.75 Å². The number of aryl methyl sites for hydroxylation is 1. The fraction of sp³-hybridized carbons (Fsp3) is 0.261. The molecule has 2 N–H and O–H groups in total. The zero-order chi connectivity index (χ0) is 23.3. The quantitative estimate of drug-likeness (QED) is 0.582. The molecule has 0 spiro atoms. The molecule has 3 aromatic rings. The minimum absolute atomic E-state index is 0.131. The maximum atomic E-state index is 12.7. The highest BCUT2D eigenvalue weighted by molar-refractivity contribution is 6.42. The van der Waals surface area contributed by atoms with E-state index in [0.717, 1.165) is 23.3 Å². The molecule has 0 bridgehead atoms. The molecule has 1 amide bonds. The molecule has 0 aliphatic carbocycles. The topological polar surface area (TPSA) is 90.4 Å². The van der Waals surface area contributed by atoms with Crippen LogP contribution >= 0.6 is 23.2 Å². The predicted molar refractivity (Wildman–Crippen MR) is 126 cm³/mol. The second kappa shape index (κ2) is 10.5. The Balaban J connectivity index is 0.000000269. The lowest BCUT2D eigenvalue weighted by atomic mass is 10.1. The van der Waals surface area contributed by atoms with Gasteiger partial charge < -0.3 is 15.4 Å². The molecule has 0 unspecified atom stereocenters. The second-order valence-corrected chi connectivity index (χ2v) is 8.19. The molecule has 2 aromatic carbocycles. The van der Waals surface area contributed by atoms with Crippen molar-refractivity contribution in [2.75, 3.05) is 19.4 Å². The van der Waals surface area contributed by atoms with Gasteiger partial charge in [0.25, 0.3) is 5.56 Å². The van der Waals surface area contributed by atoms with Gasteiger partial charge in [0, 0.05) is 12.1 Å². The number of carbonyl (C=O) groups excluding carboxylic acids is 1. The third-order valence-corrected chi connectivity index (χ3v) is 5.84. The summed E-state index contributed by atoms with van der Waals surface area (Å²) in [6, 6.07) is 13.0. The van der Waals surface area contributed by atoms with Gasteiger partial charge in [-0.05, 0) is 48.7 Å². The van der Waals surface area contributed by atoms with Crippen LogP contribution in [-0.4, -0.2) is 34.5 Å². The number of anilines is 1. The van der Waals surface area contributed by atoms with Crippen molar-refractivity contribution in [3.8, 4) is 5.75 Å². The summed E-state index contributed by atoms with van der Waals surface area (Å²) in [5.74, 6) is 0.920. The summed E-state index contributed by atoms with van der Waals surface area (Å²) in [5.41, 5.74) is 9.13. The van der Waals surface area contributed by atoms with Crippen LogP contribution in [0.2, 0.25) is 10.0 Å². The van der Waals surface area contributed by atoms with Gasteiger partial charge in [-0.25, -0.2) is 4.98 Å². The summed E-state index contributed by atoms with van der Waals surface area (Å²) < 4.78 is 6.59. The van der Waals surface area contributed by atoms with E-state index >= 15 is 0 Å². The van der Waals surface area contributed by atoms with Crippen molar-refractivity contribution < 1.29 is 9.53 Å². The molecule has 2 heterocycles. The van der Waals surface area contributed by atoms with Crippen molar-refractivity contribution in [2.45, 2.75) is 26.4 Å². The first-order valence-electron chi connectivity index (χ1n) is 9.94. The molecule has 4 rings (SSSR count). The Hall–Kier alpha value is -3.03. The zero-order valence-corrected chi connectivity index (χ0v) is 19.4. The van der Waals surface area contributed by atoms with Crippen molar-refractivity contribution in [1.82, 2.24) is 14.5 Å². The average Bonchev–Trinajstić information content (AvgIpc) is 2.79. The maximum Gasteiger partial charge on any atom is 0.258 e. The molecule has 0 fully saturated rings.